The number of nitrogens with two attached hydrogens (primary N) is 1. The summed E-state index contributed by atoms with van der Waals surface area (Å²) in [7, 11) is 0. The van der Waals surface area contributed by atoms with Crippen LogP contribution in [0.1, 0.15) is 0 Å². The Hall–Kier alpha value is -1.58. The average molecular weight is 151 g/mol. The highest BCUT2D eigenvalue weighted by molar-refractivity contribution is 5.90. The number of fused-ring (bicyclic) bond motifs is 1. The summed E-state index contributed by atoms with van der Waals surface area (Å²) in [5, 5.41) is 0.368. The van der Waals surface area contributed by atoms with Gasteiger partial charge in [-0.3, -0.25) is 0 Å². The van der Waals surface area contributed by atoms with E-state index in [9.17, 15) is 4.39 Å². The number of nitrogens with zero attached hydrogens (tertiary/aromatic N) is 1. The number of aromatic nitrogens is 2. The number of nitrogens with one attached hydrogen (secondary N) is 1. The molecule has 0 atom stereocenters. The Labute approximate surface area is 62.0 Å². The van der Waals surface area contributed by atoms with E-state index >= 15 is 0 Å². The maximum atomic E-state index is 12.9. The Morgan fingerprint density at radius 3 is 3.09 bits per heavy atom. The molecule has 0 amide bonds. The highest BCUT2D eigenvalue weighted by atomic mass is 19.1. The van der Waals surface area contributed by atoms with Crippen LogP contribution in [0.5, 0.6) is 0 Å². The van der Waals surface area contributed by atoms with Gasteiger partial charge in [0, 0.05) is 12.4 Å². The van der Waals surface area contributed by atoms with Crippen molar-refractivity contribution in [2.75, 3.05) is 5.73 Å². The zero-order valence-corrected chi connectivity index (χ0v) is 5.63. The number of hydrogen-bond donors (Lipinski definition) is 2. The van der Waals surface area contributed by atoms with Crippen molar-refractivity contribution in [2.45, 2.75) is 0 Å². The zero-order chi connectivity index (χ0) is 7.84. The molecule has 0 radical (unpaired) electrons. The van der Waals surface area contributed by atoms with Crippen LogP contribution in [-0.2, 0) is 0 Å². The molecule has 2 heterocycles. The van der Waals surface area contributed by atoms with E-state index in [1.165, 1.54) is 6.20 Å². The van der Waals surface area contributed by atoms with Crippen LogP contribution in [0, 0.1) is 5.95 Å². The SMILES string of the molecule is Nc1c[nH]c2ccnc(F)c12. The Kier molecular flexibility index (Phi) is 1.09. The van der Waals surface area contributed by atoms with Gasteiger partial charge in [-0.05, 0) is 6.07 Å². The fourth-order valence-electron chi connectivity index (χ4n) is 1.06. The first-order valence-electron chi connectivity index (χ1n) is 3.16. The summed E-state index contributed by atoms with van der Waals surface area (Å²) in [6.45, 7) is 0. The van der Waals surface area contributed by atoms with E-state index in [0.29, 0.717) is 16.6 Å². The van der Waals surface area contributed by atoms with Crippen molar-refractivity contribution in [1.82, 2.24) is 9.97 Å². The van der Waals surface area contributed by atoms with Gasteiger partial charge in [0.05, 0.1) is 16.6 Å². The molecule has 0 fully saturated rings. The van der Waals surface area contributed by atoms with E-state index in [1.54, 1.807) is 12.3 Å². The first kappa shape index (κ1) is 6.15. The van der Waals surface area contributed by atoms with Crippen LogP contribution in [0.25, 0.3) is 10.9 Å². The summed E-state index contributed by atoms with van der Waals surface area (Å²) >= 11 is 0. The van der Waals surface area contributed by atoms with Gasteiger partial charge in [-0.1, -0.05) is 0 Å². The number of nitrogen functional groups attached to an aromatic ring is 1. The molecule has 0 aliphatic rings. The maximum absolute atomic E-state index is 12.9. The van der Waals surface area contributed by atoms with Crippen LogP contribution in [0.2, 0.25) is 0 Å². The van der Waals surface area contributed by atoms with Crippen LogP contribution < -0.4 is 5.73 Å². The van der Waals surface area contributed by atoms with Crippen LogP contribution in [0.15, 0.2) is 18.5 Å². The van der Waals surface area contributed by atoms with Crippen molar-refractivity contribution in [3.63, 3.8) is 0 Å². The number of hydrogen-bond acceptors (Lipinski definition) is 2. The molecule has 4 heteroatoms. The molecule has 2 aromatic heterocycles. The smallest absolute Gasteiger partial charge is 0.224 e. The van der Waals surface area contributed by atoms with Crippen molar-refractivity contribution in [3.8, 4) is 0 Å². The van der Waals surface area contributed by atoms with Crippen LogP contribution in [0.4, 0.5) is 10.1 Å². The van der Waals surface area contributed by atoms with E-state index in [4.69, 9.17) is 5.73 Å². The Morgan fingerprint density at radius 1 is 1.55 bits per heavy atom. The number of aromatic amines is 1. The molecule has 3 N–H and O–H groups in total. The second-order valence-corrected chi connectivity index (χ2v) is 2.27. The van der Waals surface area contributed by atoms with Crippen LogP contribution >= 0.6 is 0 Å². The third-order valence-corrected chi connectivity index (χ3v) is 1.58. The molecule has 0 saturated carbocycles. The van der Waals surface area contributed by atoms with E-state index in [1.807, 2.05) is 0 Å². The molecule has 0 aromatic carbocycles. The summed E-state index contributed by atoms with van der Waals surface area (Å²) in [5.41, 5.74) is 6.54. The molecule has 0 bridgehead atoms. The third kappa shape index (κ3) is 0.756. The summed E-state index contributed by atoms with van der Waals surface area (Å²) in [5.74, 6) is -0.527. The number of pyridine rings is 1. The standard InChI is InChI=1S/C7H6FN3/c8-7-6-4(9)3-11-5(6)1-2-10-7/h1-3,11H,9H2. The lowest BCUT2D eigenvalue weighted by atomic mass is 10.3. The van der Waals surface area contributed by atoms with Crippen molar-refractivity contribution in [2.24, 2.45) is 0 Å². The molecule has 0 saturated heterocycles. The second-order valence-electron chi connectivity index (χ2n) is 2.27. The highest BCUT2D eigenvalue weighted by Gasteiger charge is 2.05. The van der Waals surface area contributed by atoms with E-state index in [2.05, 4.69) is 9.97 Å². The van der Waals surface area contributed by atoms with Gasteiger partial charge in [0.2, 0.25) is 5.95 Å². The van der Waals surface area contributed by atoms with E-state index in [-0.39, 0.29) is 0 Å². The maximum Gasteiger partial charge on any atom is 0.224 e. The monoisotopic (exact) mass is 151 g/mol. The lowest BCUT2D eigenvalue weighted by Crippen LogP contribution is -1.86. The molecule has 2 aromatic rings. The average Bonchev–Trinajstić information content (AvgIpc) is 2.34. The molecule has 2 rings (SSSR count). The molecule has 3 nitrogen and oxygen atoms in total. The second kappa shape index (κ2) is 1.95. The molecule has 56 valence electrons. The van der Waals surface area contributed by atoms with Gasteiger partial charge in [0.25, 0.3) is 0 Å². The summed E-state index contributed by atoms with van der Waals surface area (Å²) < 4.78 is 12.9. The minimum Gasteiger partial charge on any atom is -0.397 e. The molecule has 0 aliphatic heterocycles. The van der Waals surface area contributed by atoms with Gasteiger partial charge < -0.3 is 10.7 Å². The number of rotatable bonds is 0. The summed E-state index contributed by atoms with van der Waals surface area (Å²) in [4.78, 5) is 6.30. The lowest BCUT2D eigenvalue weighted by molar-refractivity contribution is 0.597. The number of H-pyrrole nitrogens is 1. The van der Waals surface area contributed by atoms with Gasteiger partial charge in [-0.2, -0.15) is 4.39 Å². The molecular formula is C7H6FN3. The zero-order valence-electron chi connectivity index (χ0n) is 5.63. The Morgan fingerprint density at radius 2 is 2.36 bits per heavy atom. The first-order chi connectivity index (χ1) is 5.29. The van der Waals surface area contributed by atoms with E-state index < -0.39 is 5.95 Å². The lowest BCUT2D eigenvalue weighted by Gasteiger charge is -1.90. The van der Waals surface area contributed by atoms with Crippen molar-refractivity contribution in [3.05, 3.63) is 24.4 Å². The summed E-state index contributed by atoms with van der Waals surface area (Å²) in [6, 6.07) is 1.68. The van der Waals surface area contributed by atoms with E-state index in [0.717, 1.165) is 0 Å². The van der Waals surface area contributed by atoms with Crippen molar-refractivity contribution < 1.29 is 4.39 Å². The van der Waals surface area contributed by atoms with Gasteiger partial charge in [0.1, 0.15) is 0 Å². The minimum absolute atomic E-state index is 0.368. The number of halogens is 1. The van der Waals surface area contributed by atoms with Crippen molar-refractivity contribution >= 4 is 16.6 Å². The molecule has 0 spiro atoms. The Bertz CT molecular complexity index is 393. The first-order valence-corrected chi connectivity index (χ1v) is 3.16. The van der Waals surface area contributed by atoms with Crippen molar-refractivity contribution in [1.29, 1.82) is 0 Å². The molecule has 11 heavy (non-hydrogen) atoms. The predicted octanol–water partition coefficient (Wildman–Crippen LogP) is 1.28. The molecule has 0 aliphatic carbocycles. The predicted molar refractivity (Wildman–Crippen MR) is 40.5 cm³/mol. The fourth-order valence-corrected chi connectivity index (χ4v) is 1.06. The summed E-state index contributed by atoms with van der Waals surface area (Å²) in [6.07, 6.45) is 2.95. The highest BCUT2D eigenvalue weighted by Crippen LogP contribution is 2.20. The minimum atomic E-state index is -0.527. The Balaban J connectivity index is 2.96. The van der Waals surface area contributed by atoms with Gasteiger partial charge in [-0.15, -0.1) is 0 Å². The van der Waals surface area contributed by atoms with Gasteiger partial charge in [-0.25, -0.2) is 4.98 Å². The normalized spacial score (nSPS) is 10.6. The van der Waals surface area contributed by atoms with Gasteiger partial charge in [0.15, 0.2) is 0 Å². The molecule has 0 unspecified atom stereocenters. The quantitative estimate of drug-likeness (QED) is 0.557. The molecular weight excluding hydrogens is 145 g/mol. The van der Waals surface area contributed by atoms with Crippen LogP contribution in [0.3, 0.4) is 0 Å². The topological polar surface area (TPSA) is 54.7 Å². The fraction of sp³-hybridized carbons (Fsp3) is 0. The largest absolute Gasteiger partial charge is 0.397 e. The third-order valence-electron chi connectivity index (χ3n) is 1.58. The number of anilines is 1. The van der Waals surface area contributed by atoms with Gasteiger partial charge >= 0.3 is 0 Å². The van der Waals surface area contributed by atoms with Crippen LogP contribution in [-0.4, -0.2) is 9.97 Å².